The average Bonchev–Trinajstić information content (AvgIpc) is 2.29. The molecule has 0 saturated carbocycles. The number of hydrogen-bond acceptors (Lipinski definition) is 3. The molecular weight excluding hydrogens is 344 g/mol. The zero-order chi connectivity index (χ0) is 15.7. The molecule has 0 saturated heterocycles. The van der Waals surface area contributed by atoms with E-state index in [1.807, 2.05) is 13.8 Å². The van der Waals surface area contributed by atoms with E-state index in [1.54, 1.807) is 24.9 Å². The minimum Gasteiger partial charge on any atom is -0.341 e. The van der Waals surface area contributed by atoms with Gasteiger partial charge in [0.2, 0.25) is 10.0 Å². The molecule has 1 aromatic carbocycles. The van der Waals surface area contributed by atoms with Crippen LogP contribution in [0.4, 0.5) is 0 Å². The molecule has 2 N–H and O–H groups in total. The van der Waals surface area contributed by atoms with Crippen molar-refractivity contribution < 1.29 is 13.2 Å². The van der Waals surface area contributed by atoms with E-state index in [4.69, 9.17) is 5.14 Å². The molecule has 0 heterocycles. The second kappa shape index (κ2) is 6.24. The molecule has 1 amide bonds. The number of rotatable bonds is 4. The summed E-state index contributed by atoms with van der Waals surface area (Å²) in [5, 5.41) is 5.18. The first-order valence-corrected chi connectivity index (χ1v) is 8.46. The van der Waals surface area contributed by atoms with Crippen LogP contribution in [0.25, 0.3) is 0 Å². The largest absolute Gasteiger partial charge is 0.341 e. The van der Waals surface area contributed by atoms with Gasteiger partial charge in [-0.25, -0.2) is 13.6 Å². The van der Waals surface area contributed by atoms with E-state index in [9.17, 15) is 13.2 Å². The van der Waals surface area contributed by atoms with Gasteiger partial charge in [-0.15, -0.1) is 0 Å². The predicted octanol–water partition coefficient (Wildman–Crippen LogP) is 2.13. The van der Waals surface area contributed by atoms with Gasteiger partial charge in [0.05, 0.1) is 4.90 Å². The minimum atomic E-state index is -3.86. The minimum absolute atomic E-state index is 0.0341. The standard InChI is InChI=1S/C13H19BrN2O3S/c1-8(2)7-16(4)13(17)10-5-11(14)9(3)12(6-10)20(15,18)19/h5-6,8H,7H2,1-4H3,(H2,15,18,19). The molecular formula is C13H19BrN2O3S. The number of amides is 1. The van der Waals surface area contributed by atoms with Crippen LogP contribution in [0.1, 0.15) is 29.8 Å². The van der Waals surface area contributed by atoms with Crippen molar-refractivity contribution in [1.29, 1.82) is 0 Å². The number of carbonyl (C=O) groups is 1. The Labute approximate surface area is 128 Å². The van der Waals surface area contributed by atoms with Crippen LogP contribution in [0.5, 0.6) is 0 Å². The number of halogens is 1. The summed E-state index contributed by atoms with van der Waals surface area (Å²) in [6, 6.07) is 2.94. The average molecular weight is 363 g/mol. The Morgan fingerprint density at radius 2 is 1.95 bits per heavy atom. The predicted molar refractivity (Wildman–Crippen MR) is 82.1 cm³/mol. The lowest BCUT2D eigenvalue weighted by atomic mass is 10.1. The van der Waals surface area contributed by atoms with Crippen LogP contribution >= 0.6 is 15.9 Å². The molecule has 0 aliphatic carbocycles. The molecule has 1 rings (SSSR count). The Morgan fingerprint density at radius 3 is 2.40 bits per heavy atom. The number of nitrogens with zero attached hydrogens (tertiary/aromatic N) is 1. The van der Waals surface area contributed by atoms with E-state index in [0.29, 0.717) is 28.1 Å². The summed E-state index contributed by atoms with van der Waals surface area (Å²) < 4.78 is 23.7. The van der Waals surface area contributed by atoms with Crippen LogP contribution in [-0.2, 0) is 10.0 Å². The second-order valence-corrected chi connectivity index (χ2v) is 7.59. The molecule has 0 radical (unpaired) electrons. The third kappa shape index (κ3) is 4.04. The Kier molecular flexibility index (Phi) is 5.34. The van der Waals surface area contributed by atoms with Crippen molar-refractivity contribution in [1.82, 2.24) is 4.90 Å². The summed E-state index contributed by atoms with van der Waals surface area (Å²) in [6.07, 6.45) is 0. The SMILES string of the molecule is Cc1c(Br)cc(C(=O)N(C)CC(C)C)cc1S(N)(=O)=O. The number of nitrogens with two attached hydrogens (primary N) is 1. The molecule has 5 nitrogen and oxygen atoms in total. The first-order chi connectivity index (χ1) is 9.04. The van der Waals surface area contributed by atoms with Crippen molar-refractivity contribution in [3.8, 4) is 0 Å². The van der Waals surface area contributed by atoms with E-state index in [0.717, 1.165) is 0 Å². The highest BCUT2D eigenvalue weighted by Crippen LogP contribution is 2.25. The molecule has 112 valence electrons. The number of benzene rings is 1. The maximum Gasteiger partial charge on any atom is 0.253 e. The Hall–Kier alpha value is -0.920. The lowest BCUT2D eigenvalue weighted by Crippen LogP contribution is -2.30. The fourth-order valence-electron chi connectivity index (χ4n) is 1.92. The van der Waals surface area contributed by atoms with Gasteiger partial charge >= 0.3 is 0 Å². The van der Waals surface area contributed by atoms with Gasteiger partial charge in [0.25, 0.3) is 5.91 Å². The molecule has 0 atom stereocenters. The van der Waals surface area contributed by atoms with Crippen molar-refractivity contribution in [2.75, 3.05) is 13.6 Å². The molecule has 20 heavy (non-hydrogen) atoms. The van der Waals surface area contributed by atoms with Gasteiger partial charge in [0.15, 0.2) is 0 Å². The van der Waals surface area contributed by atoms with Crippen LogP contribution in [0.3, 0.4) is 0 Å². The molecule has 1 aromatic rings. The lowest BCUT2D eigenvalue weighted by molar-refractivity contribution is 0.0779. The molecule has 0 aromatic heterocycles. The Bertz CT molecular complexity index is 627. The second-order valence-electron chi connectivity index (χ2n) is 5.21. The van der Waals surface area contributed by atoms with Crippen molar-refractivity contribution in [3.05, 3.63) is 27.7 Å². The molecule has 0 aliphatic heterocycles. The molecule has 7 heteroatoms. The lowest BCUT2D eigenvalue weighted by Gasteiger charge is -2.20. The third-order valence-corrected chi connectivity index (χ3v) is 4.70. The summed E-state index contributed by atoms with van der Waals surface area (Å²) in [5.74, 6) is 0.0971. The van der Waals surface area contributed by atoms with Gasteiger partial charge in [0.1, 0.15) is 0 Å². The van der Waals surface area contributed by atoms with Crippen LogP contribution in [0.2, 0.25) is 0 Å². The smallest absolute Gasteiger partial charge is 0.253 e. The van der Waals surface area contributed by atoms with Crippen LogP contribution in [-0.4, -0.2) is 32.8 Å². The van der Waals surface area contributed by atoms with Crippen molar-refractivity contribution >= 4 is 31.9 Å². The number of primary sulfonamides is 1. The van der Waals surface area contributed by atoms with Gasteiger partial charge in [-0.2, -0.15) is 0 Å². The van der Waals surface area contributed by atoms with Crippen molar-refractivity contribution in [2.24, 2.45) is 11.1 Å². The maximum absolute atomic E-state index is 12.3. The first kappa shape index (κ1) is 17.1. The van der Waals surface area contributed by atoms with Gasteiger partial charge in [-0.05, 0) is 30.5 Å². The maximum atomic E-state index is 12.3. The fourth-order valence-corrected chi connectivity index (χ4v) is 3.34. The first-order valence-electron chi connectivity index (χ1n) is 6.12. The van der Waals surface area contributed by atoms with Gasteiger partial charge in [-0.1, -0.05) is 29.8 Å². The highest BCUT2D eigenvalue weighted by atomic mass is 79.9. The van der Waals surface area contributed by atoms with E-state index in [2.05, 4.69) is 15.9 Å². The van der Waals surface area contributed by atoms with Gasteiger partial charge in [-0.3, -0.25) is 4.79 Å². The van der Waals surface area contributed by atoms with Crippen LogP contribution < -0.4 is 5.14 Å². The van der Waals surface area contributed by atoms with Crippen LogP contribution in [0, 0.1) is 12.8 Å². The normalized spacial score (nSPS) is 11.8. The highest BCUT2D eigenvalue weighted by Gasteiger charge is 2.20. The Morgan fingerprint density at radius 1 is 1.40 bits per heavy atom. The van der Waals surface area contributed by atoms with E-state index >= 15 is 0 Å². The Balaban J connectivity index is 3.28. The molecule has 0 fully saturated rings. The number of sulfonamides is 1. The number of hydrogen-bond donors (Lipinski definition) is 1. The topological polar surface area (TPSA) is 80.5 Å². The summed E-state index contributed by atoms with van der Waals surface area (Å²) >= 11 is 3.27. The summed E-state index contributed by atoms with van der Waals surface area (Å²) in [5.41, 5.74) is 0.796. The fraction of sp³-hybridized carbons (Fsp3) is 0.462. The van der Waals surface area contributed by atoms with Gasteiger partial charge in [0, 0.05) is 23.6 Å². The monoisotopic (exact) mass is 362 g/mol. The molecule has 0 bridgehead atoms. The van der Waals surface area contributed by atoms with E-state index in [-0.39, 0.29) is 10.8 Å². The summed E-state index contributed by atoms with van der Waals surface area (Å²) in [4.78, 5) is 13.8. The molecule has 0 aliphatic rings. The van der Waals surface area contributed by atoms with E-state index in [1.165, 1.54) is 6.07 Å². The van der Waals surface area contributed by atoms with Crippen molar-refractivity contribution in [3.63, 3.8) is 0 Å². The summed E-state index contributed by atoms with van der Waals surface area (Å²) in [7, 11) is -2.17. The molecule has 0 unspecified atom stereocenters. The zero-order valence-corrected chi connectivity index (χ0v) is 14.4. The van der Waals surface area contributed by atoms with Crippen molar-refractivity contribution in [2.45, 2.75) is 25.7 Å². The third-order valence-electron chi connectivity index (χ3n) is 2.84. The highest BCUT2D eigenvalue weighted by molar-refractivity contribution is 9.10. The number of carbonyl (C=O) groups excluding carboxylic acids is 1. The van der Waals surface area contributed by atoms with Gasteiger partial charge < -0.3 is 4.90 Å². The zero-order valence-electron chi connectivity index (χ0n) is 12.0. The quantitative estimate of drug-likeness (QED) is 0.890. The summed E-state index contributed by atoms with van der Waals surface area (Å²) in [6.45, 7) is 6.24. The van der Waals surface area contributed by atoms with E-state index < -0.39 is 10.0 Å². The molecule has 0 spiro atoms. The van der Waals surface area contributed by atoms with Crippen LogP contribution in [0.15, 0.2) is 21.5 Å².